The summed E-state index contributed by atoms with van der Waals surface area (Å²) in [6.07, 6.45) is 0. The summed E-state index contributed by atoms with van der Waals surface area (Å²) in [6, 6.07) is 1.99. The van der Waals surface area contributed by atoms with Crippen LogP contribution in [0.4, 0.5) is 13.2 Å². The molecule has 2 aromatic rings. The van der Waals surface area contributed by atoms with Gasteiger partial charge in [0.1, 0.15) is 5.69 Å². The van der Waals surface area contributed by atoms with E-state index in [4.69, 9.17) is 5.73 Å². The number of allylic oxidation sites excluding steroid dienone is 1. The van der Waals surface area contributed by atoms with E-state index in [2.05, 4.69) is 16.9 Å². The number of aromatic nitrogens is 3. The largest absolute Gasteiger partial charge is 0.325 e. The van der Waals surface area contributed by atoms with Crippen LogP contribution in [0.1, 0.15) is 12.6 Å². The molecule has 0 spiro atoms. The summed E-state index contributed by atoms with van der Waals surface area (Å²) in [4.78, 5) is 0. The van der Waals surface area contributed by atoms with Crippen molar-refractivity contribution in [1.29, 1.82) is 0 Å². The van der Waals surface area contributed by atoms with E-state index in [9.17, 15) is 13.2 Å². The van der Waals surface area contributed by atoms with E-state index < -0.39 is 17.5 Å². The van der Waals surface area contributed by atoms with E-state index >= 15 is 0 Å². The average molecular weight is 282 g/mol. The van der Waals surface area contributed by atoms with Gasteiger partial charge in [0, 0.05) is 12.1 Å². The van der Waals surface area contributed by atoms with Crippen LogP contribution in [0.5, 0.6) is 0 Å². The smallest absolute Gasteiger partial charge is 0.195 e. The van der Waals surface area contributed by atoms with Crippen LogP contribution in [0.25, 0.3) is 11.3 Å². The third-order valence-corrected chi connectivity index (χ3v) is 2.71. The summed E-state index contributed by atoms with van der Waals surface area (Å²) in [7, 11) is 0. The Balaban J connectivity index is 2.65. The normalized spacial score (nSPS) is 10.8. The predicted octanol–water partition coefficient (Wildman–Crippen LogP) is 2.40. The van der Waals surface area contributed by atoms with Gasteiger partial charge in [-0.25, -0.2) is 17.9 Å². The third-order valence-electron chi connectivity index (χ3n) is 2.71. The Morgan fingerprint density at radius 1 is 1.30 bits per heavy atom. The molecule has 0 aliphatic heterocycles. The molecular formula is C13H13F3N4. The van der Waals surface area contributed by atoms with Gasteiger partial charge < -0.3 is 5.73 Å². The lowest BCUT2D eigenvalue weighted by molar-refractivity contribution is 0.448. The van der Waals surface area contributed by atoms with E-state index in [-0.39, 0.29) is 24.3 Å². The summed E-state index contributed by atoms with van der Waals surface area (Å²) in [6.45, 7) is 5.77. The molecule has 0 fully saturated rings. The lowest BCUT2D eigenvalue weighted by atomic mass is 10.1. The number of nitrogens with zero attached hydrogens (tertiary/aromatic N) is 3. The zero-order chi connectivity index (χ0) is 14.9. The molecule has 106 valence electrons. The summed E-state index contributed by atoms with van der Waals surface area (Å²) in [5.41, 5.74) is 6.68. The van der Waals surface area contributed by atoms with Crippen molar-refractivity contribution < 1.29 is 13.2 Å². The molecule has 1 heterocycles. The standard InChI is InChI=1S/C13H13F3N4/c1-7(2)6-20-13(10(5-17)18-19-20)8-3-4-9(14)12(16)11(8)15/h3-4H,1,5-6,17H2,2H3. The minimum Gasteiger partial charge on any atom is -0.325 e. The molecule has 4 nitrogen and oxygen atoms in total. The van der Waals surface area contributed by atoms with Crippen LogP contribution in [0, 0.1) is 17.5 Å². The van der Waals surface area contributed by atoms with Crippen molar-refractivity contribution in [1.82, 2.24) is 15.0 Å². The van der Waals surface area contributed by atoms with Gasteiger partial charge in [-0.1, -0.05) is 17.4 Å². The first-order chi connectivity index (χ1) is 9.45. The highest BCUT2D eigenvalue weighted by molar-refractivity contribution is 5.63. The van der Waals surface area contributed by atoms with Gasteiger partial charge >= 0.3 is 0 Å². The number of nitrogens with two attached hydrogens (primary N) is 1. The molecule has 0 saturated heterocycles. The maximum atomic E-state index is 13.9. The second kappa shape index (κ2) is 5.46. The fourth-order valence-electron chi connectivity index (χ4n) is 1.86. The SMILES string of the molecule is C=C(C)Cn1nnc(CN)c1-c1ccc(F)c(F)c1F. The lowest BCUT2D eigenvalue weighted by Crippen LogP contribution is -2.07. The Kier molecular flexibility index (Phi) is 3.89. The van der Waals surface area contributed by atoms with Gasteiger partial charge in [-0.3, -0.25) is 0 Å². The molecule has 0 amide bonds. The van der Waals surface area contributed by atoms with Gasteiger partial charge in [0.05, 0.1) is 12.2 Å². The van der Waals surface area contributed by atoms with E-state index in [0.717, 1.165) is 17.7 Å². The Hall–Kier alpha value is -2.15. The van der Waals surface area contributed by atoms with Crippen LogP contribution < -0.4 is 5.73 Å². The number of benzene rings is 1. The highest BCUT2D eigenvalue weighted by Crippen LogP contribution is 2.28. The second-order valence-electron chi connectivity index (χ2n) is 4.43. The van der Waals surface area contributed by atoms with Gasteiger partial charge in [0.25, 0.3) is 0 Å². The maximum Gasteiger partial charge on any atom is 0.195 e. The average Bonchev–Trinajstić information content (AvgIpc) is 2.78. The van der Waals surface area contributed by atoms with E-state index in [1.165, 1.54) is 4.68 Å². The van der Waals surface area contributed by atoms with Gasteiger partial charge in [-0.2, -0.15) is 0 Å². The minimum absolute atomic E-state index is 0.00393. The van der Waals surface area contributed by atoms with Crippen molar-refractivity contribution in [2.75, 3.05) is 0 Å². The molecule has 0 saturated carbocycles. The summed E-state index contributed by atoms with van der Waals surface area (Å²) < 4.78 is 41.6. The number of halogens is 3. The van der Waals surface area contributed by atoms with Crippen LogP contribution in [-0.2, 0) is 13.1 Å². The molecule has 0 atom stereocenters. The maximum absolute atomic E-state index is 13.9. The van der Waals surface area contributed by atoms with Gasteiger partial charge in [0.15, 0.2) is 17.5 Å². The monoisotopic (exact) mass is 282 g/mol. The van der Waals surface area contributed by atoms with Crippen LogP contribution in [-0.4, -0.2) is 15.0 Å². The Morgan fingerprint density at radius 2 is 2.00 bits per heavy atom. The quantitative estimate of drug-likeness (QED) is 0.692. The van der Waals surface area contributed by atoms with E-state index in [1.54, 1.807) is 6.92 Å². The molecule has 0 bridgehead atoms. The first-order valence-electron chi connectivity index (χ1n) is 5.86. The third kappa shape index (κ3) is 2.44. The molecule has 2 rings (SSSR count). The van der Waals surface area contributed by atoms with Crippen molar-refractivity contribution in [3.8, 4) is 11.3 Å². The highest BCUT2D eigenvalue weighted by Gasteiger charge is 2.21. The van der Waals surface area contributed by atoms with Gasteiger partial charge in [0.2, 0.25) is 0 Å². The van der Waals surface area contributed by atoms with Gasteiger partial charge in [-0.15, -0.1) is 5.10 Å². The molecule has 1 aromatic carbocycles. The van der Waals surface area contributed by atoms with Crippen molar-refractivity contribution in [3.63, 3.8) is 0 Å². The molecule has 0 aliphatic rings. The van der Waals surface area contributed by atoms with E-state index in [0.29, 0.717) is 5.69 Å². The summed E-state index contributed by atoms with van der Waals surface area (Å²) in [5.74, 6) is -4.07. The predicted molar refractivity (Wildman–Crippen MR) is 68.0 cm³/mol. The van der Waals surface area contributed by atoms with Crippen molar-refractivity contribution in [2.45, 2.75) is 20.0 Å². The van der Waals surface area contributed by atoms with Crippen LogP contribution >= 0.6 is 0 Å². The zero-order valence-electron chi connectivity index (χ0n) is 10.8. The molecule has 1 aromatic heterocycles. The fraction of sp³-hybridized carbons (Fsp3) is 0.231. The first-order valence-corrected chi connectivity index (χ1v) is 5.86. The minimum atomic E-state index is -1.53. The van der Waals surface area contributed by atoms with Gasteiger partial charge in [-0.05, 0) is 19.1 Å². The van der Waals surface area contributed by atoms with Crippen molar-refractivity contribution in [2.24, 2.45) is 5.73 Å². The highest BCUT2D eigenvalue weighted by atomic mass is 19.2. The number of hydrogen-bond donors (Lipinski definition) is 1. The molecule has 20 heavy (non-hydrogen) atoms. The number of hydrogen-bond acceptors (Lipinski definition) is 3. The molecule has 2 N–H and O–H groups in total. The molecule has 0 radical (unpaired) electrons. The zero-order valence-corrected chi connectivity index (χ0v) is 10.8. The molecule has 0 aliphatic carbocycles. The van der Waals surface area contributed by atoms with Crippen LogP contribution in [0.2, 0.25) is 0 Å². The lowest BCUT2D eigenvalue weighted by Gasteiger charge is -2.09. The van der Waals surface area contributed by atoms with Crippen LogP contribution in [0.15, 0.2) is 24.3 Å². The summed E-state index contributed by atoms with van der Waals surface area (Å²) in [5, 5.41) is 7.66. The molecule has 0 unspecified atom stereocenters. The van der Waals surface area contributed by atoms with Crippen molar-refractivity contribution in [3.05, 3.63) is 47.4 Å². The summed E-state index contributed by atoms with van der Waals surface area (Å²) >= 11 is 0. The Bertz CT molecular complexity index is 664. The fourth-order valence-corrected chi connectivity index (χ4v) is 1.86. The first kappa shape index (κ1) is 14.3. The number of rotatable bonds is 4. The topological polar surface area (TPSA) is 56.7 Å². The molecular weight excluding hydrogens is 269 g/mol. The van der Waals surface area contributed by atoms with Crippen LogP contribution in [0.3, 0.4) is 0 Å². The van der Waals surface area contributed by atoms with E-state index in [1.807, 2.05) is 0 Å². The Morgan fingerprint density at radius 3 is 2.60 bits per heavy atom. The second-order valence-corrected chi connectivity index (χ2v) is 4.43. The Labute approximate surface area is 113 Å². The van der Waals surface area contributed by atoms with Crippen molar-refractivity contribution >= 4 is 0 Å². The molecule has 7 heteroatoms.